The van der Waals surface area contributed by atoms with Crippen LogP contribution in [-0.2, 0) is 10.0 Å². The van der Waals surface area contributed by atoms with E-state index in [0.717, 1.165) is 12.1 Å². The Morgan fingerprint density at radius 2 is 1.87 bits per heavy atom. The van der Waals surface area contributed by atoms with Gasteiger partial charge >= 0.3 is 0 Å². The molecule has 84 valence electrons. The van der Waals surface area contributed by atoms with E-state index in [1.54, 1.807) is 0 Å². The second kappa shape index (κ2) is 5.44. The molecule has 0 saturated carbocycles. The summed E-state index contributed by atoms with van der Waals surface area (Å²) in [6.45, 7) is 0.281. The molecule has 1 N–H and O–H groups in total. The van der Waals surface area contributed by atoms with Crippen molar-refractivity contribution in [3.8, 4) is 0 Å². The van der Waals surface area contributed by atoms with Crippen molar-refractivity contribution in [1.82, 2.24) is 4.72 Å². The van der Waals surface area contributed by atoms with Crippen LogP contribution in [0.1, 0.15) is 6.42 Å². The number of benzene rings is 1. The molecule has 15 heavy (non-hydrogen) atoms. The van der Waals surface area contributed by atoms with Gasteiger partial charge in [0.2, 0.25) is 10.0 Å². The molecule has 0 aliphatic heterocycles. The molecule has 0 aliphatic carbocycles. The molecule has 0 heterocycles. The van der Waals surface area contributed by atoms with Gasteiger partial charge in [-0.1, -0.05) is 0 Å². The fraction of sp³-hybridized carbons (Fsp3) is 0.333. The predicted molar refractivity (Wildman–Crippen MR) is 56.9 cm³/mol. The maximum atomic E-state index is 12.5. The molecule has 1 rings (SSSR count). The Hall–Kier alpha value is -0.650. The first kappa shape index (κ1) is 12.4. The highest BCUT2D eigenvalue weighted by Gasteiger charge is 2.12. The number of sulfonamides is 1. The molecule has 3 nitrogen and oxygen atoms in total. The first-order valence-corrected chi connectivity index (χ1v) is 6.39. The van der Waals surface area contributed by atoms with Crippen LogP contribution in [-0.4, -0.2) is 20.8 Å². The number of hydrogen-bond acceptors (Lipinski definition) is 2. The molecule has 0 spiro atoms. The van der Waals surface area contributed by atoms with Crippen molar-refractivity contribution in [3.05, 3.63) is 30.1 Å². The zero-order chi connectivity index (χ0) is 11.3. The third-order valence-electron chi connectivity index (χ3n) is 1.73. The molecule has 0 fully saturated rings. The molecule has 0 radical (unpaired) electrons. The molecule has 0 saturated heterocycles. The summed E-state index contributed by atoms with van der Waals surface area (Å²) in [5.74, 6) is -0.0685. The monoisotopic (exact) mass is 251 g/mol. The molecule has 6 heteroatoms. The van der Waals surface area contributed by atoms with Crippen LogP contribution in [0.25, 0.3) is 0 Å². The van der Waals surface area contributed by atoms with Gasteiger partial charge in [0.25, 0.3) is 0 Å². The molecule has 1 aromatic rings. The highest BCUT2D eigenvalue weighted by Crippen LogP contribution is 2.09. The SMILES string of the molecule is O=S(=O)(NCCCCl)c1ccc(F)cc1. The van der Waals surface area contributed by atoms with E-state index in [-0.39, 0.29) is 11.4 Å². The smallest absolute Gasteiger partial charge is 0.211 e. The van der Waals surface area contributed by atoms with Crippen molar-refractivity contribution in [2.24, 2.45) is 0 Å². The highest BCUT2D eigenvalue weighted by atomic mass is 35.5. The van der Waals surface area contributed by atoms with Crippen LogP contribution >= 0.6 is 11.6 Å². The van der Waals surface area contributed by atoms with Crippen LogP contribution in [0.2, 0.25) is 0 Å². The Bertz CT molecular complexity index is 405. The third-order valence-corrected chi connectivity index (χ3v) is 3.47. The zero-order valence-electron chi connectivity index (χ0n) is 7.91. The van der Waals surface area contributed by atoms with Gasteiger partial charge in [-0.3, -0.25) is 0 Å². The zero-order valence-corrected chi connectivity index (χ0v) is 9.48. The normalized spacial score (nSPS) is 11.6. The molecule has 0 aliphatic rings. The fourth-order valence-electron chi connectivity index (χ4n) is 0.970. The summed E-state index contributed by atoms with van der Waals surface area (Å²) in [5.41, 5.74) is 0. The average molecular weight is 252 g/mol. The second-order valence-electron chi connectivity index (χ2n) is 2.89. The summed E-state index contributed by atoms with van der Waals surface area (Å²) in [6, 6.07) is 4.66. The third kappa shape index (κ3) is 3.77. The Labute approximate surface area is 93.3 Å². The van der Waals surface area contributed by atoms with E-state index in [1.165, 1.54) is 12.1 Å². The number of nitrogens with one attached hydrogen (secondary N) is 1. The minimum atomic E-state index is -3.52. The van der Waals surface area contributed by atoms with E-state index in [9.17, 15) is 12.8 Å². The van der Waals surface area contributed by atoms with Crippen LogP contribution in [0.15, 0.2) is 29.2 Å². The van der Waals surface area contributed by atoms with Gasteiger partial charge in [0.15, 0.2) is 0 Å². The van der Waals surface area contributed by atoms with Gasteiger partial charge < -0.3 is 0 Å². The lowest BCUT2D eigenvalue weighted by Gasteiger charge is -2.05. The van der Waals surface area contributed by atoms with Crippen molar-refractivity contribution < 1.29 is 12.8 Å². The lowest BCUT2D eigenvalue weighted by molar-refractivity contribution is 0.580. The van der Waals surface area contributed by atoms with E-state index < -0.39 is 15.8 Å². The van der Waals surface area contributed by atoms with Crippen molar-refractivity contribution in [1.29, 1.82) is 0 Å². The van der Waals surface area contributed by atoms with E-state index in [4.69, 9.17) is 11.6 Å². The molecule has 0 atom stereocenters. The highest BCUT2D eigenvalue weighted by molar-refractivity contribution is 7.89. The van der Waals surface area contributed by atoms with Gasteiger partial charge in [0.05, 0.1) is 4.90 Å². The number of rotatable bonds is 5. The summed E-state index contributed by atoms with van der Waals surface area (Å²) in [5, 5.41) is 0. The summed E-state index contributed by atoms with van der Waals surface area (Å²) in [6.07, 6.45) is 0.558. The van der Waals surface area contributed by atoms with Crippen LogP contribution in [0.5, 0.6) is 0 Å². The lowest BCUT2D eigenvalue weighted by Crippen LogP contribution is -2.24. The van der Waals surface area contributed by atoms with E-state index >= 15 is 0 Å². The average Bonchev–Trinajstić information content (AvgIpc) is 2.18. The quantitative estimate of drug-likeness (QED) is 0.640. The van der Waals surface area contributed by atoms with Gasteiger partial charge in [0, 0.05) is 12.4 Å². The largest absolute Gasteiger partial charge is 0.240 e. The van der Waals surface area contributed by atoms with Gasteiger partial charge in [-0.15, -0.1) is 11.6 Å². The molecule has 1 aromatic carbocycles. The Balaban J connectivity index is 2.73. The van der Waals surface area contributed by atoms with Gasteiger partial charge in [-0.2, -0.15) is 0 Å². The minimum Gasteiger partial charge on any atom is -0.211 e. The first-order valence-electron chi connectivity index (χ1n) is 4.37. The van der Waals surface area contributed by atoms with E-state index in [0.29, 0.717) is 12.3 Å². The van der Waals surface area contributed by atoms with Crippen molar-refractivity contribution in [3.63, 3.8) is 0 Å². The maximum Gasteiger partial charge on any atom is 0.240 e. The minimum absolute atomic E-state index is 0.0541. The Morgan fingerprint density at radius 3 is 2.40 bits per heavy atom. The number of alkyl halides is 1. The van der Waals surface area contributed by atoms with Gasteiger partial charge in [0.1, 0.15) is 5.82 Å². The van der Waals surface area contributed by atoms with Crippen LogP contribution < -0.4 is 4.72 Å². The fourth-order valence-corrected chi connectivity index (χ4v) is 2.18. The lowest BCUT2D eigenvalue weighted by atomic mass is 10.4. The molecule has 0 unspecified atom stereocenters. The molecular formula is C9H11ClFNO2S. The molecule has 0 bridgehead atoms. The van der Waals surface area contributed by atoms with Crippen LogP contribution in [0, 0.1) is 5.82 Å². The van der Waals surface area contributed by atoms with Gasteiger partial charge in [-0.25, -0.2) is 17.5 Å². The topological polar surface area (TPSA) is 46.2 Å². The molecule has 0 amide bonds. The molecule has 0 aromatic heterocycles. The summed E-state index contributed by atoms with van der Waals surface area (Å²) in [4.78, 5) is 0.0541. The van der Waals surface area contributed by atoms with E-state index in [2.05, 4.69) is 4.72 Å². The first-order chi connectivity index (χ1) is 7.06. The summed E-state index contributed by atoms with van der Waals surface area (Å²) < 4.78 is 38.0. The van der Waals surface area contributed by atoms with Crippen molar-refractivity contribution in [2.45, 2.75) is 11.3 Å². The standard InChI is InChI=1S/C9H11ClFNO2S/c10-6-1-7-12-15(13,14)9-4-2-8(11)3-5-9/h2-5,12H,1,6-7H2. The Kier molecular flexibility index (Phi) is 4.50. The summed E-state index contributed by atoms with van der Waals surface area (Å²) >= 11 is 5.41. The van der Waals surface area contributed by atoms with Crippen LogP contribution in [0.4, 0.5) is 4.39 Å². The van der Waals surface area contributed by atoms with Crippen molar-refractivity contribution in [2.75, 3.05) is 12.4 Å². The van der Waals surface area contributed by atoms with E-state index in [1.807, 2.05) is 0 Å². The second-order valence-corrected chi connectivity index (χ2v) is 5.04. The summed E-state index contributed by atoms with van der Waals surface area (Å²) in [7, 11) is -3.52. The number of halogens is 2. The van der Waals surface area contributed by atoms with Crippen LogP contribution in [0.3, 0.4) is 0 Å². The Morgan fingerprint density at radius 1 is 1.27 bits per heavy atom. The molecular weight excluding hydrogens is 241 g/mol. The maximum absolute atomic E-state index is 12.5. The predicted octanol–water partition coefficient (Wildman–Crippen LogP) is 1.73. The number of hydrogen-bond donors (Lipinski definition) is 1. The van der Waals surface area contributed by atoms with Crippen molar-refractivity contribution >= 4 is 21.6 Å². The van der Waals surface area contributed by atoms with Gasteiger partial charge in [-0.05, 0) is 30.7 Å².